The van der Waals surface area contributed by atoms with Crippen molar-refractivity contribution in [2.24, 2.45) is 0 Å². The molecule has 0 saturated carbocycles. The Labute approximate surface area is 143 Å². The van der Waals surface area contributed by atoms with Crippen LogP contribution in [0, 0.1) is 17.0 Å². The molecule has 0 saturated heterocycles. The molecule has 0 aliphatic heterocycles. The molecule has 0 aliphatic rings. The average molecular weight is 369 g/mol. The van der Waals surface area contributed by atoms with E-state index >= 15 is 0 Å². The standard InChI is InChI=1S/C15H13ClN2O5S/c1-9-3-5-11(16)8-12(9)17-15(19)10-4-6-14(24(2,22)23)13(7-10)18(20)21/h3-8H,1-2H3,(H,17,19). The predicted molar refractivity (Wildman–Crippen MR) is 90.3 cm³/mol. The number of carbonyl (C=O) groups excluding carboxylic acids is 1. The molecule has 0 radical (unpaired) electrons. The van der Waals surface area contributed by atoms with Gasteiger partial charge in [-0.2, -0.15) is 0 Å². The second kappa shape index (κ2) is 6.58. The second-order valence-corrected chi connectivity index (χ2v) is 7.55. The van der Waals surface area contributed by atoms with Crippen molar-refractivity contribution in [3.63, 3.8) is 0 Å². The van der Waals surface area contributed by atoms with Crippen LogP contribution in [0.15, 0.2) is 41.3 Å². The van der Waals surface area contributed by atoms with Gasteiger partial charge in [-0.05, 0) is 36.8 Å². The zero-order chi connectivity index (χ0) is 18.1. The number of benzene rings is 2. The molecule has 0 fully saturated rings. The minimum atomic E-state index is -3.78. The van der Waals surface area contributed by atoms with E-state index < -0.39 is 31.3 Å². The summed E-state index contributed by atoms with van der Waals surface area (Å²) in [6.45, 7) is 1.77. The summed E-state index contributed by atoms with van der Waals surface area (Å²) in [5.41, 5.74) is 0.541. The van der Waals surface area contributed by atoms with Gasteiger partial charge in [0.2, 0.25) is 0 Å². The molecule has 0 spiro atoms. The van der Waals surface area contributed by atoms with Crippen LogP contribution < -0.4 is 5.32 Å². The van der Waals surface area contributed by atoms with Crippen molar-refractivity contribution in [2.75, 3.05) is 11.6 Å². The fourth-order valence-corrected chi connectivity index (χ4v) is 3.04. The lowest BCUT2D eigenvalue weighted by molar-refractivity contribution is -0.387. The third-order valence-corrected chi connectivity index (χ3v) is 4.64. The molecule has 9 heteroatoms. The molecule has 7 nitrogen and oxygen atoms in total. The van der Waals surface area contributed by atoms with E-state index in [0.717, 1.165) is 24.0 Å². The Balaban J connectivity index is 2.42. The number of aryl methyl sites for hydroxylation is 1. The number of halogens is 1. The van der Waals surface area contributed by atoms with Gasteiger partial charge in [0.05, 0.1) is 4.92 Å². The van der Waals surface area contributed by atoms with Crippen molar-refractivity contribution in [1.82, 2.24) is 0 Å². The molecule has 24 heavy (non-hydrogen) atoms. The smallest absolute Gasteiger partial charge is 0.288 e. The van der Waals surface area contributed by atoms with Crippen LogP contribution in [-0.2, 0) is 9.84 Å². The van der Waals surface area contributed by atoms with Crippen molar-refractivity contribution in [3.05, 3.63) is 62.7 Å². The third kappa shape index (κ3) is 3.90. The maximum absolute atomic E-state index is 12.3. The first-order chi connectivity index (χ1) is 11.1. The van der Waals surface area contributed by atoms with Crippen LogP contribution in [0.3, 0.4) is 0 Å². The summed E-state index contributed by atoms with van der Waals surface area (Å²) in [5, 5.41) is 14.1. The van der Waals surface area contributed by atoms with Crippen LogP contribution in [-0.4, -0.2) is 25.5 Å². The highest BCUT2D eigenvalue weighted by Crippen LogP contribution is 2.26. The molecule has 0 aliphatic carbocycles. The first kappa shape index (κ1) is 17.9. The molecule has 0 bridgehead atoms. The van der Waals surface area contributed by atoms with Crippen LogP contribution in [0.5, 0.6) is 0 Å². The third-order valence-electron chi connectivity index (χ3n) is 3.27. The van der Waals surface area contributed by atoms with Crippen molar-refractivity contribution >= 4 is 38.7 Å². The van der Waals surface area contributed by atoms with Gasteiger partial charge in [-0.1, -0.05) is 17.7 Å². The van der Waals surface area contributed by atoms with Crippen LogP contribution in [0.4, 0.5) is 11.4 Å². The number of amides is 1. The van der Waals surface area contributed by atoms with Gasteiger partial charge in [0.1, 0.15) is 4.90 Å². The molecule has 2 aromatic rings. The fraction of sp³-hybridized carbons (Fsp3) is 0.133. The number of nitrogens with zero attached hydrogens (tertiary/aromatic N) is 1. The molecule has 0 heterocycles. The van der Waals surface area contributed by atoms with Gasteiger partial charge >= 0.3 is 0 Å². The summed E-state index contributed by atoms with van der Waals surface area (Å²) in [7, 11) is -3.78. The Morgan fingerprint density at radius 2 is 1.88 bits per heavy atom. The molecule has 2 rings (SSSR count). The first-order valence-electron chi connectivity index (χ1n) is 6.65. The summed E-state index contributed by atoms with van der Waals surface area (Å²) < 4.78 is 23.2. The Bertz CT molecular complexity index is 941. The number of hydrogen-bond acceptors (Lipinski definition) is 5. The molecular weight excluding hydrogens is 356 g/mol. The summed E-state index contributed by atoms with van der Waals surface area (Å²) in [6.07, 6.45) is 0.865. The van der Waals surface area contributed by atoms with Gasteiger partial charge in [-0.25, -0.2) is 8.42 Å². The number of hydrogen-bond donors (Lipinski definition) is 1. The fourth-order valence-electron chi connectivity index (χ4n) is 2.04. The largest absolute Gasteiger partial charge is 0.322 e. The maximum atomic E-state index is 12.3. The molecule has 1 N–H and O–H groups in total. The van der Waals surface area contributed by atoms with Gasteiger partial charge in [-0.15, -0.1) is 0 Å². The number of rotatable bonds is 4. The van der Waals surface area contributed by atoms with Gasteiger partial charge in [0, 0.05) is 28.6 Å². The lowest BCUT2D eigenvalue weighted by Gasteiger charge is -2.09. The number of nitro groups is 1. The van der Waals surface area contributed by atoms with Gasteiger partial charge in [0.15, 0.2) is 9.84 Å². The lowest BCUT2D eigenvalue weighted by Crippen LogP contribution is -2.14. The van der Waals surface area contributed by atoms with Gasteiger partial charge < -0.3 is 5.32 Å². The highest BCUT2D eigenvalue weighted by atomic mass is 35.5. The van der Waals surface area contributed by atoms with Crippen molar-refractivity contribution in [3.8, 4) is 0 Å². The van der Waals surface area contributed by atoms with E-state index in [1.807, 2.05) is 0 Å². The zero-order valence-electron chi connectivity index (χ0n) is 12.7. The minimum Gasteiger partial charge on any atom is -0.322 e. The molecule has 0 atom stereocenters. The molecule has 1 amide bonds. The van der Waals surface area contributed by atoms with E-state index in [2.05, 4.69) is 5.32 Å². The molecule has 2 aromatic carbocycles. The average Bonchev–Trinajstić information content (AvgIpc) is 2.49. The van der Waals surface area contributed by atoms with E-state index in [1.165, 1.54) is 6.07 Å². The molecule has 0 unspecified atom stereocenters. The molecule has 126 valence electrons. The van der Waals surface area contributed by atoms with Crippen LogP contribution in [0.1, 0.15) is 15.9 Å². The van der Waals surface area contributed by atoms with Crippen molar-refractivity contribution < 1.29 is 18.1 Å². The number of nitrogens with one attached hydrogen (secondary N) is 1. The quantitative estimate of drug-likeness (QED) is 0.658. The van der Waals surface area contributed by atoms with E-state index in [9.17, 15) is 23.3 Å². The molecule has 0 aromatic heterocycles. The van der Waals surface area contributed by atoms with Crippen molar-refractivity contribution in [2.45, 2.75) is 11.8 Å². The zero-order valence-corrected chi connectivity index (χ0v) is 14.3. The Kier molecular flexibility index (Phi) is 4.91. The molecular formula is C15H13ClN2O5S. The van der Waals surface area contributed by atoms with E-state index in [-0.39, 0.29) is 5.56 Å². The summed E-state index contributed by atoms with van der Waals surface area (Å²) in [6, 6.07) is 8.14. The maximum Gasteiger partial charge on any atom is 0.288 e. The number of nitro benzene ring substituents is 1. The predicted octanol–water partition coefficient (Wildman–Crippen LogP) is 3.21. The SMILES string of the molecule is Cc1ccc(Cl)cc1NC(=O)c1ccc(S(C)(=O)=O)c([N+](=O)[O-])c1. The Hall–Kier alpha value is -2.45. The monoisotopic (exact) mass is 368 g/mol. The van der Waals surface area contributed by atoms with E-state index in [1.54, 1.807) is 25.1 Å². The topological polar surface area (TPSA) is 106 Å². The first-order valence-corrected chi connectivity index (χ1v) is 8.92. The highest BCUT2D eigenvalue weighted by molar-refractivity contribution is 7.90. The number of anilines is 1. The second-order valence-electron chi connectivity index (χ2n) is 5.13. The number of sulfone groups is 1. The summed E-state index contributed by atoms with van der Waals surface area (Å²) >= 11 is 5.88. The number of carbonyl (C=O) groups is 1. The normalized spacial score (nSPS) is 11.1. The van der Waals surface area contributed by atoms with Crippen LogP contribution >= 0.6 is 11.6 Å². The minimum absolute atomic E-state index is 0.0338. The Morgan fingerprint density at radius 3 is 2.46 bits per heavy atom. The van der Waals surface area contributed by atoms with Crippen molar-refractivity contribution in [1.29, 1.82) is 0 Å². The highest BCUT2D eigenvalue weighted by Gasteiger charge is 2.24. The van der Waals surface area contributed by atoms with E-state index in [0.29, 0.717) is 10.7 Å². The summed E-state index contributed by atoms with van der Waals surface area (Å²) in [4.78, 5) is 22.1. The summed E-state index contributed by atoms with van der Waals surface area (Å²) in [5.74, 6) is -0.608. The van der Waals surface area contributed by atoms with Gasteiger partial charge in [-0.3, -0.25) is 14.9 Å². The van der Waals surface area contributed by atoms with E-state index in [4.69, 9.17) is 11.6 Å². The van der Waals surface area contributed by atoms with Gasteiger partial charge in [0.25, 0.3) is 11.6 Å². The Morgan fingerprint density at radius 1 is 1.21 bits per heavy atom. The van der Waals surface area contributed by atoms with Crippen LogP contribution in [0.25, 0.3) is 0 Å². The van der Waals surface area contributed by atoms with Crippen LogP contribution in [0.2, 0.25) is 5.02 Å². The lowest BCUT2D eigenvalue weighted by atomic mass is 10.1.